The fourth-order valence-corrected chi connectivity index (χ4v) is 3.76. The maximum absolute atomic E-state index is 14.7. The van der Waals surface area contributed by atoms with Gasteiger partial charge in [-0.3, -0.25) is 0 Å². The van der Waals surface area contributed by atoms with Crippen molar-refractivity contribution >= 4 is 10.8 Å². The minimum Gasteiger partial charge on any atom is -0.429 e. The van der Waals surface area contributed by atoms with E-state index in [-0.39, 0.29) is 11.1 Å². The third kappa shape index (κ3) is 4.54. The molecule has 0 aromatic heterocycles. The summed E-state index contributed by atoms with van der Waals surface area (Å²) in [7, 11) is 0. The fourth-order valence-electron chi connectivity index (χ4n) is 3.76. The van der Waals surface area contributed by atoms with Crippen LogP contribution in [0.4, 0.5) is 35.1 Å². The van der Waals surface area contributed by atoms with Gasteiger partial charge in [0, 0.05) is 11.6 Å². The van der Waals surface area contributed by atoms with E-state index in [9.17, 15) is 35.1 Å². The first kappa shape index (κ1) is 24.5. The first-order valence-corrected chi connectivity index (χ1v) is 10.4. The summed E-state index contributed by atoms with van der Waals surface area (Å²) in [4.78, 5) is 0. The van der Waals surface area contributed by atoms with Crippen LogP contribution in [0.15, 0.2) is 54.6 Å². The highest BCUT2D eigenvalue weighted by Crippen LogP contribution is 2.38. The van der Waals surface area contributed by atoms with Crippen LogP contribution < -0.4 is 4.74 Å². The van der Waals surface area contributed by atoms with Crippen LogP contribution in [-0.2, 0) is 12.5 Å². The Morgan fingerprint density at radius 2 is 1.40 bits per heavy atom. The van der Waals surface area contributed by atoms with Gasteiger partial charge >= 0.3 is 6.11 Å². The normalized spacial score (nSPS) is 11.8. The van der Waals surface area contributed by atoms with Crippen molar-refractivity contribution in [1.82, 2.24) is 0 Å². The van der Waals surface area contributed by atoms with E-state index in [2.05, 4.69) is 4.74 Å². The molecule has 0 aliphatic carbocycles. The largest absolute Gasteiger partial charge is 0.429 e. The highest BCUT2D eigenvalue weighted by atomic mass is 19.3. The van der Waals surface area contributed by atoms with Gasteiger partial charge in [0.1, 0.15) is 17.1 Å². The Hall–Kier alpha value is -3.62. The average molecular weight is 496 g/mol. The van der Waals surface area contributed by atoms with Crippen LogP contribution in [0.2, 0.25) is 0 Å². The molecule has 0 aliphatic rings. The maximum Gasteiger partial charge on any atom is 0.429 e. The van der Waals surface area contributed by atoms with Crippen molar-refractivity contribution < 1.29 is 39.9 Å². The van der Waals surface area contributed by atoms with Crippen LogP contribution in [0.5, 0.6) is 5.75 Å². The Morgan fingerprint density at radius 3 is 2.06 bits per heavy atom. The predicted molar refractivity (Wildman–Crippen MR) is 114 cm³/mol. The van der Waals surface area contributed by atoms with Crippen molar-refractivity contribution in [3.8, 4) is 16.9 Å². The summed E-state index contributed by atoms with van der Waals surface area (Å²) in [6.07, 6.45) is -2.83. The molecule has 4 aromatic carbocycles. The number of benzene rings is 4. The first-order chi connectivity index (χ1) is 16.5. The number of hydrogen-bond acceptors (Lipinski definition) is 1. The van der Waals surface area contributed by atoms with Crippen LogP contribution in [0.3, 0.4) is 0 Å². The Balaban J connectivity index is 1.69. The molecule has 0 aliphatic heterocycles. The monoisotopic (exact) mass is 496 g/mol. The summed E-state index contributed by atoms with van der Waals surface area (Å²) in [5.74, 6) is -11.3. The van der Waals surface area contributed by atoms with E-state index < -0.39 is 63.1 Å². The van der Waals surface area contributed by atoms with Gasteiger partial charge < -0.3 is 4.74 Å². The molecule has 0 heterocycles. The number of ether oxygens (including phenoxy) is 1. The van der Waals surface area contributed by atoms with Gasteiger partial charge in [-0.2, -0.15) is 8.78 Å². The van der Waals surface area contributed by atoms with Gasteiger partial charge in [0.05, 0.1) is 5.39 Å². The molecule has 0 radical (unpaired) electrons. The minimum atomic E-state index is -4.49. The Kier molecular flexibility index (Phi) is 6.44. The second-order valence-corrected chi connectivity index (χ2v) is 7.84. The third-order valence-electron chi connectivity index (χ3n) is 5.44. The summed E-state index contributed by atoms with van der Waals surface area (Å²) in [5.41, 5.74) is -0.489. The van der Waals surface area contributed by atoms with E-state index >= 15 is 0 Å². The first-order valence-electron chi connectivity index (χ1n) is 10.4. The van der Waals surface area contributed by atoms with Crippen molar-refractivity contribution in [2.45, 2.75) is 25.9 Å². The molecular weight excluding hydrogens is 480 g/mol. The van der Waals surface area contributed by atoms with Gasteiger partial charge in [-0.15, -0.1) is 0 Å². The number of aryl methyl sites for hydroxylation is 1. The molecule has 35 heavy (non-hydrogen) atoms. The number of alkyl halides is 2. The van der Waals surface area contributed by atoms with E-state index in [4.69, 9.17) is 0 Å². The lowest BCUT2D eigenvalue weighted by Gasteiger charge is -2.20. The zero-order chi connectivity index (χ0) is 25.5. The van der Waals surface area contributed by atoms with Gasteiger partial charge in [-0.25, -0.2) is 26.3 Å². The van der Waals surface area contributed by atoms with E-state index in [1.807, 2.05) is 6.92 Å². The van der Waals surface area contributed by atoms with E-state index in [0.717, 1.165) is 24.5 Å². The maximum atomic E-state index is 14.7. The van der Waals surface area contributed by atoms with Gasteiger partial charge in [-0.05, 0) is 41.1 Å². The number of fused-ring (bicyclic) bond motifs is 1. The van der Waals surface area contributed by atoms with Crippen molar-refractivity contribution in [1.29, 1.82) is 0 Å². The van der Waals surface area contributed by atoms with Gasteiger partial charge in [0.25, 0.3) is 0 Å². The molecule has 1 nitrogen and oxygen atoms in total. The van der Waals surface area contributed by atoms with Crippen LogP contribution in [0, 0.1) is 34.9 Å². The van der Waals surface area contributed by atoms with Gasteiger partial charge in [0.2, 0.25) is 0 Å². The molecular formula is C26H16F8O. The minimum absolute atomic E-state index is 0.255. The molecule has 182 valence electrons. The molecule has 0 N–H and O–H groups in total. The van der Waals surface area contributed by atoms with Gasteiger partial charge in [0.15, 0.2) is 29.1 Å². The zero-order valence-corrected chi connectivity index (χ0v) is 18.0. The Morgan fingerprint density at radius 1 is 0.714 bits per heavy atom. The topological polar surface area (TPSA) is 9.23 Å². The van der Waals surface area contributed by atoms with Gasteiger partial charge in [-0.1, -0.05) is 43.7 Å². The molecule has 0 amide bonds. The predicted octanol–water partition coefficient (Wildman–Crippen LogP) is 8.42. The van der Waals surface area contributed by atoms with E-state index in [1.54, 1.807) is 12.1 Å². The smallest absolute Gasteiger partial charge is 0.429 e. The van der Waals surface area contributed by atoms with Crippen molar-refractivity contribution in [2.24, 2.45) is 0 Å². The Labute approximate surface area is 194 Å². The fraction of sp³-hybridized carbons (Fsp3) is 0.154. The molecule has 0 spiro atoms. The van der Waals surface area contributed by atoms with Crippen molar-refractivity contribution in [2.75, 3.05) is 0 Å². The molecule has 0 saturated carbocycles. The lowest BCUT2D eigenvalue weighted by molar-refractivity contribution is -0.187. The average Bonchev–Trinajstić information content (AvgIpc) is 2.79. The van der Waals surface area contributed by atoms with Crippen LogP contribution in [-0.4, -0.2) is 0 Å². The lowest BCUT2D eigenvalue weighted by Crippen LogP contribution is -2.24. The summed E-state index contributed by atoms with van der Waals surface area (Å²) < 4.78 is 118. The molecule has 4 rings (SSSR count). The second kappa shape index (κ2) is 9.20. The summed E-state index contributed by atoms with van der Waals surface area (Å²) in [5, 5.41) is -1.59. The van der Waals surface area contributed by atoms with Crippen molar-refractivity contribution in [3.63, 3.8) is 0 Å². The van der Waals surface area contributed by atoms with E-state index in [1.165, 1.54) is 12.1 Å². The highest BCUT2D eigenvalue weighted by molar-refractivity contribution is 5.85. The summed E-state index contributed by atoms with van der Waals surface area (Å²) in [6.45, 7) is 1.98. The molecule has 0 saturated heterocycles. The standard InChI is InChI=1S/C26H16F8O/c1-2-3-13-4-6-14(7-5-13)17-8-9-18(23(30)22(17)29)26(33,34)35-16-10-15-11-20(28)24(31)25(32)21(15)19(27)12-16/h4-12H,2-3H2,1H3. The number of rotatable bonds is 6. The van der Waals surface area contributed by atoms with Crippen LogP contribution in [0.1, 0.15) is 24.5 Å². The van der Waals surface area contributed by atoms with Crippen molar-refractivity contribution in [3.05, 3.63) is 101 Å². The molecule has 0 unspecified atom stereocenters. The molecule has 0 bridgehead atoms. The third-order valence-corrected chi connectivity index (χ3v) is 5.44. The van der Waals surface area contributed by atoms with Crippen LogP contribution in [0.25, 0.3) is 21.9 Å². The lowest BCUT2D eigenvalue weighted by atomic mass is 10.00. The highest BCUT2D eigenvalue weighted by Gasteiger charge is 2.39. The summed E-state index contributed by atoms with van der Waals surface area (Å²) in [6, 6.07) is 9.40. The van der Waals surface area contributed by atoms with E-state index in [0.29, 0.717) is 24.3 Å². The molecule has 9 heteroatoms. The zero-order valence-electron chi connectivity index (χ0n) is 18.0. The SMILES string of the molecule is CCCc1ccc(-c2ccc(C(F)(F)Oc3cc(F)c4c(F)c(F)c(F)cc4c3)c(F)c2F)cc1. The Bertz CT molecular complexity index is 1410. The molecule has 4 aromatic rings. The quantitative estimate of drug-likeness (QED) is 0.192. The number of hydrogen-bond donors (Lipinski definition) is 0. The number of halogens is 8. The van der Waals surface area contributed by atoms with Crippen LogP contribution >= 0.6 is 0 Å². The second-order valence-electron chi connectivity index (χ2n) is 7.84. The molecule has 0 atom stereocenters. The molecule has 0 fully saturated rings. The summed E-state index contributed by atoms with van der Waals surface area (Å²) >= 11 is 0.